The number of amides is 1. The van der Waals surface area contributed by atoms with Gasteiger partial charge in [-0.05, 0) is 18.2 Å². The van der Waals surface area contributed by atoms with Crippen LogP contribution in [0, 0.1) is 0 Å². The summed E-state index contributed by atoms with van der Waals surface area (Å²) < 4.78 is 7.14. The molecule has 0 unspecified atom stereocenters. The maximum Gasteiger partial charge on any atom is 0.331 e. The van der Waals surface area contributed by atoms with E-state index < -0.39 is 0 Å². The van der Waals surface area contributed by atoms with E-state index in [-0.39, 0.29) is 11.9 Å². The van der Waals surface area contributed by atoms with Crippen LogP contribution in [0.3, 0.4) is 0 Å². The van der Waals surface area contributed by atoms with Crippen molar-refractivity contribution in [2.45, 2.75) is 0 Å². The highest BCUT2D eigenvalue weighted by Crippen LogP contribution is 2.25. The van der Waals surface area contributed by atoms with Gasteiger partial charge in [0.2, 0.25) is 0 Å². The van der Waals surface area contributed by atoms with Crippen molar-refractivity contribution in [2.24, 2.45) is 0 Å². The van der Waals surface area contributed by atoms with E-state index in [1.807, 2.05) is 54.6 Å². The quantitative estimate of drug-likeness (QED) is 0.772. The van der Waals surface area contributed by atoms with Crippen molar-refractivity contribution in [3.63, 3.8) is 0 Å². The van der Waals surface area contributed by atoms with E-state index in [2.05, 4.69) is 4.90 Å². The molecule has 0 spiro atoms. The maximum absolute atomic E-state index is 12.9. The molecule has 1 aliphatic rings. The molecule has 1 saturated heterocycles. The number of hydrogen-bond donors (Lipinski definition) is 1. The van der Waals surface area contributed by atoms with Gasteiger partial charge in [0.25, 0.3) is 0 Å². The molecule has 0 bridgehead atoms. The van der Waals surface area contributed by atoms with E-state index in [4.69, 9.17) is 4.74 Å². The van der Waals surface area contributed by atoms with Crippen LogP contribution in [0.1, 0.15) is 0 Å². The number of carbonyl (C=O) groups excluding carboxylic acids is 1. The van der Waals surface area contributed by atoms with Crippen LogP contribution in [-0.4, -0.2) is 64.8 Å². The summed E-state index contributed by atoms with van der Waals surface area (Å²) in [6.45, 7) is 4.32. The zero-order valence-corrected chi connectivity index (χ0v) is 15.1. The number of nitrogens with zero attached hydrogens (tertiary/aromatic N) is 3. The summed E-state index contributed by atoms with van der Waals surface area (Å²) in [6.07, 6.45) is 0. The van der Waals surface area contributed by atoms with Gasteiger partial charge in [-0.15, -0.1) is 0 Å². The summed E-state index contributed by atoms with van der Waals surface area (Å²) in [5.74, 6) is 0.862. The third-order valence-electron chi connectivity index (χ3n) is 4.94. The lowest BCUT2D eigenvalue weighted by Crippen LogP contribution is -2.50. The van der Waals surface area contributed by atoms with Crippen molar-refractivity contribution in [2.75, 3.05) is 39.3 Å². The topological polar surface area (TPSA) is 57.9 Å². The number of ether oxygens (including phenoxy) is 1. The second-order valence-electron chi connectivity index (χ2n) is 6.67. The van der Waals surface area contributed by atoms with Gasteiger partial charge in [-0.3, -0.25) is 4.90 Å². The largest absolute Gasteiger partial charge is 0.494 e. The fraction of sp³-hybridized carbons (Fsp3) is 0.286. The summed E-state index contributed by atoms with van der Waals surface area (Å²) in [4.78, 5) is 17.0. The molecule has 1 amide bonds. The monoisotopic (exact) mass is 365 g/mol. The highest BCUT2D eigenvalue weighted by atomic mass is 16.5. The lowest BCUT2D eigenvalue weighted by molar-refractivity contribution is 0.126. The van der Waals surface area contributed by atoms with Crippen LogP contribution in [0.5, 0.6) is 11.6 Å². The van der Waals surface area contributed by atoms with E-state index in [0.717, 1.165) is 36.3 Å². The van der Waals surface area contributed by atoms with Gasteiger partial charge in [-0.25, -0.2) is 9.36 Å². The normalized spacial score (nSPS) is 15.2. The molecule has 3 aromatic rings. The lowest BCUT2D eigenvalue weighted by atomic mass is 10.2. The Hall–Kier alpha value is -2.99. The minimum atomic E-state index is -0.172. The molecular formula is C21H23N3O3. The van der Waals surface area contributed by atoms with Crippen molar-refractivity contribution in [1.82, 2.24) is 14.4 Å². The molecule has 140 valence electrons. The maximum atomic E-state index is 12.9. The first kappa shape index (κ1) is 17.4. The molecule has 0 saturated carbocycles. The zero-order chi connectivity index (χ0) is 18.6. The average molecular weight is 365 g/mol. The zero-order valence-electron chi connectivity index (χ0n) is 15.1. The highest BCUT2D eigenvalue weighted by Gasteiger charge is 2.24. The molecule has 6 heteroatoms. The summed E-state index contributed by atoms with van der Waals surface area (Å²) in [7, 11) is 0. The molecule has 1 N–H and O–H groups in total. The number of fused-ring (bicyclic) bond motifs is 1. The fourth-order valence-corrected chi connectivity index (χ4v) is 3.45. The summed E-state index contributed by atoms with van der Waals surface area (Å²) in [5.41, 5.74) is 0.735. The van der Waals surface area contributed by atoms with E-state index in [9.17, 15) is 9.90 Å². The van der Waals surface area contributed by atoms with E-state index in [1.54, 1.807) is 11.0 Å². The number of benzene rings is 2. The molecule has 27 heavy (non-hydrogen) atoms. The Balaban J connectivity index is 1.32. The van der Waals surface area contributed by atoms with Crippen LogP contribution < -0.4 is 4.74 Å². The first-order valence-electron chi connectivity index (χ1n) is 9.21. The van der Waals surface area contributed by atoms with Crippen molar-refractivity contribution in [3.8, 4) is 11.6 Å². The van der Waals surface area contributed by atoms with E-state index in [1.165, 1.54) is 4.57 Å². The smallest absolute Gasteiger partial charge is 0.331 e. The molecule has 2 aromatic carbocycles. The summed E-state index contributed by atoms with van der Waals surface area (Å²) in [5, 5.41) is 11.1. The van der Waals surface area contributed by atoms with Crippen molar-refractivity contribution in [1.29, 1.82) is 0 Å². The fourth-order valence-electron chi connectivity index (χ4n) is 3.45. The van der Waals surface area contributed by atoms with Crippen LogP contribution in [-0.2, 0) is 0 Å². The van der Waals surface area contributed by atoms with Gasteiger partial charge in [-0.2, -0.15) is 0 Å². The number of piperazine rings is 1. The van der Waals surface area contributed by atoms with Crippen molar-refractivity contribution < 1.29 is 14.6 Å². The first-order chi connectivity index (χ1) is 13.2. The lowest BCUT2D eigenvalue weighted by Gasteiger charge is -2.34. The van der Waals surface area contributed by atoms with Crippen LogP contribution in [0.15, 0.2) is 60.7 Å². The Labute approximate surface area is 158 Å². The summed E-state index contributed by atoms with van der Waals surface area (Å²) in [6, 6.07) is 18.7. The minimum Gasteiger partial charge on any atom is -0.494 e. The number of rotatable bonds is 4. The second-order valence-corrected chi connectivity index (χ2v) is 6.67. The molecule has 0 radical (unpaired) electrons. The predicted octanol–water partition coefficient (Wildman–Crippen LogP) is 3.01. The highest BCUT2D eigenvalue weighted by molar-refractivity contribution is 5.94. The number of aromatic nitrogens is 1. The molecule has 4 rings (SSSR count). The third-order valence-corrected chi connectivity index (χ3v) is 4.94. The molecule has 0 atom stereocenters. The van der Waals surface area contributed by atoms with Gasteiger partial charge in [0.15, 0.2) is 5.88 Å². The number of para-hydroxylation sites is 2. The number of carbonyl (C=O) groups is 1. The van der Waals surface area contributed by atoms with Gasteiger partial charge in [0.05, 0.1) is 5.52 Å². The molecule has 1 aliphatic heterocycles. The second kappa shape index (κ2) is 7.72. The number of hydrogen-bond acceptors (Lipinski definition) is 4. The third kappa shape index (κ3) is 3.75. The van der Waals surface area contributed by atoms with Gasteiger partial charge in [0.1, 0.15) is 12.4 Å². The Kier molecular flexibility index (Phi) is 4.98. The van der Waals surface area contributed by atoms with Crippen LogP contribution in [0.4, 0.5) is 4.79 Å². The van der Waals surface area contributed by atoms with Gasteiger partial charge in [-0.1, -0.05) is 36.4 Å². The van der Waals surface area contributed by atoms with Gasteiger partial charge < -0.3 is 14.7 Å². The van der Waals surface area contributed by atoms with Crippen LogP contribution in [0.25, 0.3) is 10.9 Å². The van der Waals surface area contributed by atoms with E-state index >= 15 is 0 Å². The Morgan fingerprint density at radius 1 is 0.963 bits per heavy atom. The Bertz CT molecular complexity index is 915. The van der Waals surface area contributed by atoms with Crippen LogP contribution in [0.2, 0.25) is 0 Å². The standard InChI is InChI=1S/C21H23N3O3/c25-20-16-17-6-4-5-9-19(17)24(20)21(26)23-12-10-22(11-13-23)14-15-27-18-7-2-1-3-8-18/h1-9,16,25H,10-15H2. The summed E-state index contributed by atoms with van der Waals surface area (Å²) >= 11 is 0. The Morgan fingerprint density at radius 2 is 1.67 bits per heavy atom. The molecule has 1 fully saturated rings. The van der Waals surface area contributed by atoms with Crippen molar-refractivity contribution >= 4 is 16.9 Å². The number of aromatic hydroxyl groups is 1. The molecule has 1 aromatic heterocycles. The van der Waals surface area contributed by atoms with Gasteiger partial charge >= 0.3 is 6.03 Å². The Morgan fingerprint density at radius 3 is 2.44 bits per heavy atom. The molecule has 6 nitrogen and oxygen atoms in total. The molecular weight excluding hydrogens is 342 g/mol. The SMILES string of the molecule is O=C(N1CCN(CCOc2ccccc2)CC1)n1c(O)cc2ccccc21. The predicted molar refractivity (Wildman–Crippen MR) is 104 cm³/mol. The molecule has 0 aliphatic carbocycles. The van der Waals surface area contributed by atoms with Crippen molar-refractivity contribution in [3.05, 3.63) is 60.7 Å². The van der Waals surface area contributed by atoms with Crippen LogP contribution >= 0.6 is 0 Å². The minimum absolute atomic E-state index is 0.0140. The first-order valence-corrected chi connectivity index (χ1v) is 9.21. The average Bonchev–Trinajstić information content (AvgIpc) is 3.04. The van der Waals surface area contributed by atoms with E-state index in [0.29, 0.717) is 19.7 Å². The molecule has 2 heterocycles. The van der Waals surface area contributed by atoms with Gasteiger partial charge in [0, 0.05) is 44.2 Å².